The summed E-state index contributed by atoms with van der Waals surface area (Å²) in [7, 11) is -1.54. The van der Waals surface area contributed by atoms with Gasteiger partial charge >= 0.3 is 7.60 Å². The van der Waals surface area contributed by atoms with E-state index in [4.69, 9.17) is 13.8 Å². The Bertz CT molecular complexity index is 469. The Morgan fingerprint density at radius 1 is 1.10 bits per heavy atom. The van der Waals surface area contributed by atoms with Gasteiger partial charge in [0.15, 0.2) is 0 Å². The molecule has 5 heteroatoms. The van der Waals surface area contributed by atoms with Gasteiger partial charge in [-0.15, -0.1) is 0 Å². The minimum Gasteiger partial charge on any atom is -0.497 e. The summed E-state index contributed by atoms with van der Waals surface area (Å²) < 4.78 is 28.3. The maximum absolute atomic E-state index is 12.5. The van der Waals surface area contributed by atoms with Crippen LogP contribution in [0.4, 0.5) is 0 Å². The largest absolute Gasteiger partial charge is 0.497 e. The summed E-state index contributed by atoms with van der Waals surface area (Å²) in [5.74, 6) is 2.42. The first-order valence-electron chi connectivity index (χ1n) is 6.83. The van der Waals surface area contributed by atoms with Gasteiger partial charge in [-0.1, -0.05) is 19.1 Å². The molecule has 0 aromatic heterocycles. The number of hydrogen-bond donors (Lipinski definition) is 0. The second kappa shape index (κ2) is 8.25. The van der Waals surface area contributed by atoms with Crippen molar-refractivity contribution in [3.63, 3.8) is 0 Å². The molecule has 0 atom stereocenters. The van der Waals surface area contributed by atoms with Gasteiger partial charge in [0.05, 0.1) is 20.3 Å². The zero-order valence-corrected chi connectivity index (χ0v) is 13.5. The van der Waals surface area contributed by atoms with Crippen LogP contribution < -0.4 is 4.74 Å². The number of rotatable bonds is 8. The molecule has 0 radical (unpaired) electrons. The molecule has 0 amide bonds. The Balaban J connectivity index is 3.07. The van der Waals surface area contributed by atoms with E-state index in [9.17, 15) is 4.57 Å². The highest BCUT2D eigenvalue weighted by Crippen LogP contribution is 2.52. The summed E-state index contributed by atoms with van der Waals surface area (Å²) in [6.45, 7) is 6.33. The van der Waals surface area contributed by atoms with E-state index in [1.165, 1.54) is 0 Å². The van der Waals surface area contributed by atoms with Gasteiger partial charge in [0.2, 0.25) is 0 Å². The van der Waals surface area contributed by atoms with Crippen molar-refractivity contribution in [2.45, 2.75) is 27.2 Å². The van der Waals surface area contributed by atoms with Gasteiger partial charge in [0.25, 0.3) is 0 Å². The van der Waals surface area contributed by atoms with E-state index in [-0.39, 0.29) is 0 Å². The summed E-state index contributed by atoms with van der Waals surface area (Å²) in [6.07, 6.45) is 0.746. The smallest absolute Gasteiger partial charge is 0.354 e. The summed E-state index contributed by atoms with van der Waals surface area (Å²) >= 11 is 0. The molecule has 112 valence electrons. The van der Waals surface area contributed by atoms with Gasteiger partial charge in [0.1, 0.15) is 5.75 Å². The lowest BCUT2D eigenvalue weighted by Gasteiger charge is -2.15. The highest BCUT2D eigenvalue weighted by atomic mass is 31.2. The third-order valence-corrected chi connectivity index (χ3v) is 4.64. The molecule has 0 heterocycles. The Hall–Kier alpha value is -1.09. The average Bonchev–Trinajstić information content (AvgIpc) is 2.45. The molecule has 20 heavy (non-hydrogen) atoms. The van der Waals surface area contributed by atoms with Crippen molar-refractivity contribution in [2.24, 2.45) is 0 Å². The van der Waals surface area contributed by atoms with E-state index in [0.29, 0.717) is 13.2 Å². The predicted octanol–water partition coefficient (Wildman–Crippen LogP) is 4.71. The third kappa shape index (κ3) is 4.78. The lowest BCUT2D eigenvalue weighted by atomic mass is 10.1. The topological polar surface area (TPSA) is 44.8 Å². The van der Waals surface area contributed by atoms with Gasteiger partial charge in [-0.2, -0.15) is 0 Å². The first-order chi connectivity index (χ1) is 9.58. The second-order valence-corrected chi connectivity index (χ2v) is 5.97. The van der Waals surface area contributed by atoms with Gasteiger partial charge in [0, 0.05) is 5.82 Å². The molecule has 0 saturated carbocycles. The molecule has 0 bridgehead atoms. The molecular formula is C15H23O4P. The molecule has 4 nitrogen and oxygen atoms in total. The van der Waals surface area contributed by atoms with Gasteiger partial charge in [-0.05, 0) is 43.5 Å². The van der Waals surface area contributed by atoms with Gasteiger partial charge in [-0.25, -0.2) is 0 Å². The van der Waals surface area contributed by atoms with Crippen LogP contribution >= 0.6 is 7.60 Å². The van der Waals surface area contributed by atoms with E-state index in [1.807, 2.05) is 31.2 Å². The van der Waals surface area contributed by atoms with Crippen molar-refractivity contribution in [1.82, 2.24) is 0 Å². The fraction of sp³-hybridized carbons (Fsp3) is 0.467. The van der Waals surface area contributed by atoms with E-state index >= 15 is 0 Å². The summed E-state index contributed by atoms with van der Waals surface area (Å²) in [5, 5.41) is 0. The van der Waals surface area contributed by atoms with Crippen molar-refractivity contribution < 1.29 is 18.3 Å². The van der Waals surface area contributed by atoms with Crippen LogP contribution in [0.5, 0.6) is 5.75 Å². The van der Waals surface area contributed by atoms with Crippen LogP contribution in [-0.4, -0.2) is 20.3 Å². The lowest BCUT2D eigenvalue weighted by molar-refractivity contribution is 0.229. The summed E-state index contributed by atoms with van der Waals surface area (Å²) in [5.41, 5.74) is 1.94. The molecule has 0 spiro atoms. The quantitative estimate of drug-likeness (QED) is 0.652. The maximum Gasteiger partial charge on any atom is 0.354 e. The molecule has 1 rings (SSSR count). The molecule has 0 aliphatic heterocycles. The second-order valence-electron chi connectivity index (χ2n) is 4.11. The predicted molar refractivity (Wildman–Crippen MR) is 82.1 cm³/mol. The van der Waals surface area contributed by atoms with Crippen LogP contribution in [0.25, 0.3) is 5.57 Å². The first-order valence-corrected chi connectivity index (χ1v) is 8.44. The number of hydrogen-bond acceptors (Lipinski definition) is 4. The van der Waals surface area contributed by atoms with Crippen LogP contribution in [0.1, 0.15) is 32.8 Å². The summed E-state index contributed by atoms with van der Waals surface area (Å²) in [4.78, 5) is 0. The Kier molecular flexibility index (Phi) is 7.00. The normalized spacial score (nSPS) is 12.5. The van der Waals surface area contributed by atoms with Gasteiger partial charge < -0.3 is 13.8 Å². The van der Waals surface area contributed by atoms with Crippen molar-refractivity contribution in [3.05, 3.63) is 35.6 Å². The lowest BCUT2D eigenvalue weighted by Crippen LogP contribution is -1.94. The minimum atomic E-state index is -3.17. The third-order valence-electron chi connectivity index (χ3n) is 2.77. The molecule has 0 N–H and O–H groups in total. The number of benzene rings is 1. The van der Waals surface area contributed by atoms with Crippen molar-refractivity contribution in [2.75, 3.05) is 20.3 Å². The molecule has 0 fully saturated rings. The van der Waals surface area contributed by atoms with E-state index in [1.54, 1.807) is 26.8 Å². The first kappa shape index (κ1) is 17.0. The van der Waals surface area contributed by atoms with Crippen LogP contribution in [-0.2, 0) is 13.6 Å². The fourth-order valence-electron chi connectivity index (χ4n) is 1.84. The average molecular weight is 298 g/mol. The number of methoxy groups -OCH3 is 1. The van der Waals surface area contributed by atoms with E-state index in [2.05, 4.69) is 0 Å². The van der Waals surface area contributed by atoms with E-state index in [0.717, 1.165) is 23.3 Å². The Morgan fingerprint density at radius 3 is 2.05 bits per heavy atom. The van der Waals surface area contributed by atoms with Crippen LogP contribution in [0.2, 0.25) is 0 Å². The fourth-order valence-corrected chi connectivity index (χ4v) is 3.49. The zero-order chi connectivity index (χ0) is 15.0. The van der Waals surface area contributed by atoms with Crippen molar-refractivity contribution >= 4 is 13.2 Å². The molecule has 1 aromatic rings. The van der Waals surface area contributed by atoms with Crippen LogP contribution in [0.3, 0.4) is 0 Å². The highest BCUT2D eigenvalue weighted by molar-refractivity contribution is 7.57. The number of allylic oxidation sites excluding steroid dienone is 1. The highest BCUT2D eigenvalue weighted by Gasteiger charge is 2.21. The molecule has 0 unspecified atom stereocenters. The Labute approximate surface area is 121 Å². The van der Waals surface area contributed by atoms with Gasteiger partial charge in [-0.3, -0.25) is 4.57 Å². The van der Waals surface area contributed by atoms with E-state index < -0.39 is 7.60 Å². The SMILES string of the molecule is CCOP(=O)(/C=C(\CC)c1ccc(OC)cc1)OCC. The molecule has 0 aliphatic carbocycles. The zero-order valence-electron chi connectivity index (χ0n) is 12.6. The van der Waals surface area contributed by atoms with Crippen LogP contribution in [0.15, 0.2) is 30.1 Å². The van der Waals surface area contributed by atoms with Crippen molar-refractivity contribution in [1.29, 1.82) is 0 Å². The molecule has 0 saturated heterocycles. The molecule has 0 aliphatic rings. The monoisotopic (exact) mass is 298 g/mol. The maximum atomic E-state index is 12.5. The standard InChI is InChI=1S/C15H23O4P/c1-5-13(12-20(16,18-6-2)19-7-3)14-8-10-15(17-4)11-9-14/h8-12H,5-7H2,1-4H3/b13-12+. The minimum absolute atomic E-state index is 0.355. The Morgan fingerprint density at radius 2 is 1.65 bits per heavy atom. The molecular weight excluding hydrogens is 275 g/mol. The number of ether oxygens (including phenoxy) is 1. The van der Waals surface area contributed by atoms with Crippen molar-refractivity contribution in [3.8, 4) is 5.75 Å². The molecule has 1 aromatic carbocycles. The summed E-state index contributed by atoms with van der Waals surface area (Å²) in [6, 6.07) is 7.64. The van der Waals surface area contributed by atoms with Crippen LogP contribution in [0, 0.1) is 0 Å².